The standard InChI is InChI=1S/C53H34N2O2/c1-53(2)43-20-11-19-38(51(43)42-26-33-14-6-7-15-34(33)27-44(42)53)46-30-45(54-52(55-46)31-12-4-3-5-13-31)36-17-10-16-32(24-36)35-22-23-48-39(25-35)41-29-49-40(28-50(41)57-48)37-18-8-9-21-47(37)56-49/h3-30H,1-2H3. The first kappa shape index (κ1) is 32.0. The van der Waals surface area contributed by atoms with E-state index in [2.05, 4.69) is 147 Å². The SMILES string of the molecule is CC1(C)c2cc3ccccc3cc2-c2c(-c3cc(-c4cccc(-c5ccc6oc7cc8c(cc7c6c5)oc5ccccc58)c4)nc(-c4ccccc4)n3)cccc21. The van der Waals surface area contributed by atoms with Crippen LogP contribution in [-0.4, -0.2) is 9.97 Å². The van der Waals surface area contributed by atoms with Gasteiger partial charge in [-0.1, -0.05) is 129 Å². The summed E-state index contributed by atoms with van der Waals surface area (Å²) in [6.45, 7) is 4.68. The molecule has 0 spiro atoms. The van der Waals surface area contributed by atoms with Crippen molar-refractivity contribution in [3.63, 3.8) is 0 Å². The number of fused-ring (bicyclic) bond motifs is 10. The Morgan fingerprint density at radius 3 is 1.86 bits per heavy atom. The van der Waals surface area contributed by atoms with E-state index in [0.29, 0.717) is 5.82 Å². The Balaban J connectivity index is 1.01. The van der Waals surface area contributed by atoms with Gasteiger partial charge in [0.15, 0.2) is 5.82 Å². The summed E-state index contributed by atoms with van der Waals surface area (Å²) in [5, 5.41) is 6.75. The molecule has 0 unspecified atom stereocenters. The minimum atomic E-state index is -0.156. The topological polar surface area (TPSA) is 52.1 Å². The van der Waals surface area contributed by atoms with Crippen LogP contribution in [0, 0.1) is 0 Å². The number of aromatic nitrogens is 2. The molecule has 0 saturated heterocycles. The minimum absolute atomic E-state index is 0.156. The maximum Gasteiger partial charge on any atom is 0.160 e. The quantitative estimate of drug-likeness (QED) is 0.181. The Hall–Kier alpha value is -7.30. The molecule has 4 nitrogen and oxygen atoms in total. The zero-order chi connectivity index (χ0) is 37.8. The molecule has 0 amide bonds. The highest BCUT2D eigenvalue weighted by Crippen LogP contribution is 2.53. The van der Waals surface area contributed by atoms with E-state index in [0.717, 1.165) is 83.1 Å². The second-order valence-corrected chi connectivity index (χ2v) is 15.8. The van der Waals surface area contributed by atoms with Crippen molar-refractivity contribution in [2.45, 2.75) is 19.3 Å². The van der Waals surface area contributed by atoms with Gasteiger partial charge in [0.25, 0.3) is 0 Å². The van der Waals surface area contributed by atoms with Gasteiger partial charge in [0.2, 0.25) is 0 Å². The molecule has 3 aromatic heterocycles. The van der Waals surface area contributed by atoms with Crippen molar-refractivity contribution in [1.82, 2.24) is 9.97 Å². The predicted octanol–water partition coefficient (Wildman–Crippen LogP) is 14.4. The summed E-state index contributed by atoms with van der Waals surface area (Å²) in [4.78, 5) is 10.5. The van der Waals surface area contributed by atoms with Gasteiger partial charge in [-0.3, -0.25) is 0 Å². The van der Waals surface area contributed by atoms with Gasteiger partial charge in [0.1, 0.15) is 22.3 Å². The van der Waals surface area contributed by atoms with Crippen LogP contribution in [0.25, 0.3) is 111 Å². The zero-order valence-corrected chi connectivity index (χ0v) is 31.4. The van der Waals surface area contributed by atoms with Crippen molar-refractivity contribution < 1.29 is 8.83 Å². The van der Waals surface area contributed by atoms with Gasteiger partial charge < -0.3 is 8.83 Å². The molecular formula is C53H34N2O2. The molecule has 11 aromatic rings. The second-order valence-electron chi connectivity index (χ2n) is 15.8. The molecule has 0 aliphatic heterocycles. The summed E-state index contributed by atoms with van der Waals surface area (Å²) >= 11 is 0. The number of hydrogen-bond acceptors (Lipinski definition) is 4. The fourth-order valence-electron chi connectivity index (χ4n) is 9.17. The van der Waals surface area contributed by atoms with E-state index in [-0.39, 0.29) is 5.41 Å². The lowest BCUT2D eigenvalue weighted by molar-refractivity contribution is 0.661. The molecule has 4 heteroatoms. The van der Waals surface area contributed by atoms with Crippen LogP contribution in [0.3, 0.4) is 0 Å². The largest absolute Gasteiger partial charge is 0.456 e. The minimum Gasteiger partial charge on any atom is -0.456 e. The number of para-hydroxylation sites is 1. The van der Waals surface area contributed by atoms with Crippen LogP contribution in [0.2, 0.25) is 0 Å². The molecule has 57 heavy (non-hydrogen) atoms. The van der Waals surface area contributed by atoms with Crippen LogP contribution in [0.4, 0.5) is 0 Å². The van der Waals surface area contributed by atoms with Gasteiger partial charge in [-0.2, -0.15) is 0 Å². The Labute approximate surface area is 328 Å². The first-order chi connectivity index (χ1) is 28.0. The Bertz CT molecular complexity index is 3440. The van der Waals surface area contributed by atoms with Crippen LogP contribution in [0.15, 0.2) is 179 Å². The third-order valence-corrected chi connectivity index (χ3v) is 12.1. The van der Waals surface area contributed by atoms with E-state index in [4.69, 9.17) is 18.8 Å². The summed E-state index contributed by atoms with van der Waals surface area (Å²) < 4.78 is 12.7. The van der Waals surface area contributed by atoms with Crippen molar-refractivity contribution in [2.75, 3.05) is 0 Å². The molecular weight excluding hydrogens is 697 g/mol. The average Bonchev–Trinajstić information content (AvgIpc) is 3.88. The van der Waals surface area contributed by atoms with Gasteiger partial charge in [-0.25, -0.2) is 9.97 Å². The van der Waals surface area contributed by atoms with E-state index >= 15 is 0 Å². The molecule has 8 aromatic carbocycles. The third-order valence-electron chi connectivity index (χ3n) is 12.1. The number of rotatable bonds is 4. The van der Waals surface area contributed by atoms with Gasteiger partial charge >= 0.3 is 0 Å². The van der Waals surface area contributed by atoms with Crippen molar-refractivity contribution in [1.29, 1.82) is 0 Å². The van der Waals surface area contributed by atoms with Crippen LogP contribution in [-0.2, 0) is 5.41 Å². The fraction of sp³-hybridized carbons (Fsp3) is 0.0566. The molecule has 0 bridgehead atoms. The normalized spacial score (nSPS) is 13.2. The molecule has 268 valence electrons. The molecule has 3 heterocycles. The summed E-state index contributed by atoms with van der Waals surface area (Å²) in [6.07, 6.45) is 0. The molecule has 12 rings (SSSR count). The maximum atomic E-state index is 6.40. The molecule has 1 aliphatic carbocycles. The van der Waals surface area contributed by atoms with Crippen molar-refractivity contribution >= 4 is 54.6 Å². The van der Waals surface area contributed by atoms with Crippen molar-refractivity contribution in [3.8, 4) is 56.2 Å². The molecule has 0 atom stereocenters. The average molecular weight is 731 g/mol. The lowest BCUT2D eigenvalue weighted by atomic mass is 9.81. The van der Waals surface area contributed by atoms with Crippen LogP contribution < -0.4 is 0 Å². The summed E-state index contributed by atoms with van der Waals surface area (Å²) in [6, 6.07) is 60.0. The van der Waals surface area contributed by atoms with Gasteiger partial charge in [0, 0.05) is 43.7 Å². The van der Waals surface area contributed by atoms with Crippen molar-refractivity contribution in [2.24, 2.45) is 0 Å². The number of furan rings is 2. The summed E-state index contributed by atoms with van der Waals surface area (Å²) in [5.41, 5.74) is 15.6. The zero-order valence-electron chi connectivity index (χ0n) is 31.4. The highest BCUT2D eigenvalue weighted by atomic mass is 16.3. The first-order valence-corrected chi connectivity index (χ1v) is 19.5. The molecule has 0 radical (unpaired) electrons. The Morgan fingerprint density at radius 2 is 1.02 bits per heavy atom. The molecule has 0 fully saturated rings. The van der Waals surface area contributed by atoms with Crippen LogP contribution in [0.5, 0.6) is 0 Å². The fourth-order valence-corrected chi connectivity index (χ4v) is 9.17. The van der Waals surface area contributed by atoms with E-state index < -0.39 is 0 Å². The van der Waals surface area contributed by atoms with E-state index in [1.165, 1.54) is 33.0 Å². The molecule has 1 aliphatic rings. The monoisotopic (exact) mass is 730 g/mol. The van der Waals surface area contributed by atoms with Gasteiger partial charge in [0.05, 0.1) is 11.4 Å². The Morgan fingerprint density at radius 1 is 0.386 bits per heavy atom. The molecule has 0 N–H and O–H groups in total. The summed E-state index contributed by atoms with van der Waals surface area (Å²) in [5.74, 6) is 0.699. The van der Waals surface area contributed by atoms with Gasteiger partial charge in [-0.05, 0) is 98.8 Å². The lowest BCUT2D eigenvalue weighted by Crippen LogP contribution is -2.14. The second kappa shape index (κ2) is 11.8. The third kappa shape index (κ3) is 4.87. The van der Waals surface area contributed by atoms with Crippen LogP contribution >= 0.6 is 0 Å². The van der Waals surface area contributed by atoms with Gasteiger partial charge in [-0.15, -0.1) is 0 Å². The van der Waals surface area contributed by atoms with E-state index in [1.54, 1.807) is 0 Å². The number of nitrogens with zero attached hydrogens (tertiary/aromatic N) is 2. The highest BCUT2D eigenvalue weighted by molar-refractivity contribution is 6.15. The van der Waals surface area contributed by atoms with E-state index in [1.807, 2.05) is 36.4 Å². The Kier molecular flexibility index (Phi) is 6.65. The molecule has 0 saturated carbocycles. The number of hydrogen-bond donors (Lipinski definition) is 0. The lowest BCUT2D eigenvalue weighted by Gasteiger charge is -2.22. The smallest absolute Gasteiger partial charge is 0.160 e. The summed E-state index contributed by atoms with van der Waals surface area (Å²) in [7, 11) is 0. The highest BCUT2D eigenvalue weighted by Gasteiger charge is 2.37. The number of benzene rings is 8. The van der Waals surface area contributed by atoms with E-state index in [9.17, 15) is 0 Å². The predicted molar refractivity (Wildman–Crippen MR) is 233 cm³/mol. The van der Waals surface area contributed by atoms with Crippen molar-refractivity contribution in [3.05, 3.63) is 181 Å². The first-order valence-electron chi connectivity index (χ1n) is 19.5. The van der Waals surface area contributed by atoms with Crippen LogP contribution in [0.1, 0.15) is 25.0 Å². The maximum absolute atomic E-state index is 6.40.